The second-order valence-electron chi connectivity index (χ2n) is 1.92. The largest absolute Gasteiger partial charge is 0.317 e. The SMILES string of the molecule is CCNCCC(C)I. The Labute approximate surface area is 65.4 Å². The number of hydrogen-bond donors (Lipinski definition) is 1. The van der Waals surface area contributed by atoms with E-state index < -0.39 is 0 Å². The molecule has 0 radical (unpaired) electrons. The highest BCUT2D eigenvalue weighted by molar-refractivity contribution is 14.1. The van der Waals surface area contributed by atoms with E-state index in [1.54, 1.807) is 0 Å². The summed E-state index contributed by atoms with van der Waals surface area (Å²) in [5.74, 6) is 0. The lowest BCUT2D eigenvalue weighted by atomic mass is 10.3. The topological polar surface area (TPSA) is 12.0 Å². The molecule has 0 saturated heterocycles. The molecule has 0 aromatic heterocycles. The van der Waals surface area contributed by atoms with E-state index >= 15 is 0 Å². The van der Waals surface area contributed by atoms with Gasteiger partial charge in [0, 0.05) is 3.92 Å². The van der Waals surface area contributed by atoms with Crippen molar-refractivity contribution in [3.05, 3.63) is 0 Å². The molecule has 50 valence electrons. The first kappa shape index (κ1) is 8.69. The Bertz CT molecular complexity index is 45.8. The fourth-order valence-electron chi connectivity index (χ4n) is 0.478. The Balaban J connectivity index is 2.72. The molecule has 0 spiro atoms. The normalized spacial score (nSPS) is 13.9. The Morgan fingerprint density at radius 3 is 2.62 bits per heavy atom. The maximum absolute atomic E-state index is 3.27. The van der Waals surface area contributed by atoms with Gasteiger partial charge in [-0.05, 0) is 19.5 Å². The third-order valence-corrected chi connectivity index (χ3v) is 1.59. The number of nitrogens with one attached hydrogen (secondary N) is 1. The monoisotopic (exact) mass is 227 g/mol. The smallest absolute Gasteiger partial charge is 0.00933 e. The van der Waals surface area contributed by atoms with Crippen LogP contribution >= 0.6 is 22.6 Å². The average Bonchev–Trinajstić information content (AvgIpc) is 1.66. The molecule has 0 rings (SSSR count). The average molecular weight is 227 g/mol. The van der Waals surface area contributed by atoms with E-state index in [-0.39, 0.29) is 0 Å². The summed E-state index contributed by atoms with van der Waals surface area (Å²) in [5.41, 5.74) is 0. The van der Waals surface area contributed by atoms with Crippen LogP contribution < -0.4 is 5.32 Å². The van der Waals surface area contributed by atoms with Crippen LogP contribution in [0.25, 0.3) is 0 Å². The lowest BCUT2D eigenvalue weighted by molar-refractivity contribution is 0.678. The van der Waals surface area contributed by atoms with Crippen molar-refractivity contribution in [1.29, 1.82) is 0 Å². The summed E-state index contributed by atoms with van der Waals surface area (Å²) >= 11 is 2.44. The van der Waals surface area contributed by atoms with Crippen molar-refractivity contribution in [2.45, 2.75) is 24.2 Å². The molecule has 0 aliphatic heterocycles. The van der Waals surface area contributed by atoms with Crippen LogP contribution in [0.15, 0.2) is 0 Å². The summed E-state index contributed by atoms with van der Waals surface area (Å²) < 4.78 is 0.812. The van der Waals surface area contributed by atoms with E-state index in [1.807, 2.05) is 0 Å². The van der Waals surface area contributed by atoms with Gasteiger partial charge < -0.3 is 5.32 Å². The maximum atomic E-state index is 3.27. The van der Waals surface area contributed by atoms with Crippen LogP contribution in [0, 0.1) is 0 Å². The molecular weight excluding hydrogens is 213 g/mol. The lowest BCUT2D eigenvalue weighted by Gasteiger charge is -2.01. The van der Waals surface area contributed by atoms with Crippen molar-refractivity contribution in [3.8, 4) is 0 Å². The van der Waals surface area contributed by atoms with E-state index in [9.17, 15) is 0 Å². The zero-order chi connectivity index (χ0) is 6.41. The van der Waals surface area contributed by atoms with Crippen molar-refractivity contribution in [2.24, 2.45) is 0 Å². The first-order valence-electron chi connectivity index (χ1n) is 3.12. The molecule has 0 bridgehead atoms. The molecule has 0 aromatic carbocycles. The van der Waals surface area contributed by atoms with E-state index in [0.717, 1.165) is 10.5 Å². The molecule has 0 aliphatic rings. The Morgan fingerprint density at radius 2 is 2.25 bits per heavy atom. The highest BCUT2D eigenvalue weighted by atomic mass is 127. The van der Waals surface area contributed by atoms with Gasteiger partial charge >= 0.3 is 0 Å². The highest BCUT2D eigenvalue weighted by Crippen LogP contribution is 2.01. The quantitative estimate of drug-likeness (QED) is 0.438. The summed E-state index contributed by atoms with van der Waals surface area (Å²) in [5, 5.41) is 3.27. The van der Waals surface area contributed by atoms with Crippen molar-refractivity contribution in [1.82, 2.24) is 5.32 Å². The molecule has 1 unspecified atom stereocenters. The predicted octanol–water partition coefficient (Wildman–Crippen LogP) is 1.81. The first-order chi connectivity index (χ1) is 3.77. The molecule has 1 N–H and O–H groups in total. The second-order valence-corrected chi connectivity index (χ2v) is 4.05. The van der Waals surface area contributed by atoms with Crippen molar-refractivity contribution in [3.63, 3.8) is 0 Å². The highest BCUT2D eigenvalue weighted by Gasteiger charge is 1.91. The second kappa shape index (κ2) is 5.82. The van der Waals surface area contributed by atoms with Gasteiger partial charge in [-0.1, -0.05) is 36.4 Å². The standard InChI is InChI=1S/C6H14IN/c1-3-8-5-4-6(2)7/h6,8H,3-5H2,1-2H3. The van der Waals surface area contributed by atoms with Gasteiger partial charge in [-0.2, -0.15) is 0 Å². The van der Waals surface area contributed by atoms with Crippen molar-refractivity contribution in [2.75, 3.05) is 13.1 Å². The van der Waals surface area contributed by atoms with E-state index in [1.165, 1.54) is 13.0 Å². The predicted molar refractivity (Wildman–Crippen MR) is 46.6 cm³/mol. The number of rotatable bonds is 4. The number of hydrogen-bond acceptors (Lipinski definition) is 1. The third-order valence-electron chi connectivity index (χ3n) is 0.969. The van der Waals surface area contributed by atoms with Crippen molar-refractivity contribution >= 4 is 22.6 Å². The molecule has 0 amide bonds. The van der Waals surface area contributed by atoms with Crippen LogP contribution in [0.2, 0.25) is 0 Å². The van der Waals surface area contributed by atoms with Crippen LogP contribution in [0.4, 0.5) is 0 Å². The zero-order valence-corrected chi connectivity index (χ0v) is 7.73. The van der Waals surface area contributed by atoms with E-state index in [4.69, 9.17) is 0 Å². The van der Waals surface area contributed by atoms with Gasteiger partial charge in [0.25, 0.3) is 0 Å². The van der Waals surface area contributed by atoms with E-state index in [2.05, 4.69) is 41.8 Å². The van der Waals surface area contributed by atoms with Gasteiger partial charge in [0.1, 0.15) is 0 Å². The number of halogens is 1. The molecule has 8 heavy (non-hydrogen) atoms. The summed E-state index contributed by atoms with van der Waals surface area (Å²) in [6.07, 6.45) is 1.29. The first-order valence-corrected chi connectivity index (χ1v) is 4.36. The fraction of sp³-hybridized carbons (Fsp3) is 1.00. The van der Waals surface area contributed by atoms with Crippen LogP contribution in [0.5, 0.6) is 0 Å². The summed E-state index contributed by atoms with van der Waals surface area (Å²) in [4.78, 5) is 0. The van der Waals surface area contributed by atoms with Gasteiger partial charge in [0.05, 0.1) is 0 Å². The molecule has 0 heterocycles. The Hall–Kier alpha value is 0.690. The summed E-state index contributed by atoms with van der Waals surface area (Å²) in [6, 6.07) is 0. The Morgan fingerprint density at radius 1 is 1.62 bits per heavy atom. The van der Waals surface area contributed by atoms with Crippen molar-refractivity contribution < 1.29 is 0 Å². The van der Waals surface area contributed by atoms with Crippen LogP contribution in [-0.4, -0.2) is 17.0 Å². The van der Waals surface area contributed by atoms with Gasteiger partial charge in [-0.3, -0.25) is 0 Å². The molecular formula is C6H14IN. The molecule has 2 heteroatoms. The van der Waals surface area contributed by atoms with E-state index in [0.29, 0.717) is 0 Å². The molecule has 1 nitrogen and oxygen atoms in total. The minimum absolute atomic E-state index is 0.812. The van der Waals surface area contributed by atoms with Crippen LogP contribution in [-0.2, 0) is 0 Å². The summed E-state index contributed by atoms with van der Waals surface area (Å²) in [6.45, 7) is 6.64. The zero-order valence-electron chi connectivity index (χ0n) is 5.58. The van der Waals surface area contributed by atoms with Gasteiger partial charge in [0.2, 0.25) is 0 Å². The summed E-state index contributed by atoms with van der Waals surface area (Å²) in [7, 11) is 0. The molecule has 0 aromatic rings. The fourth-order valence-corrected chi connectivity index (χ4v) is 0.789. The van der Waals surface area contributed by atoms with Gasteiger partial charge in [-0.15, -0.1) is 0 Å². The molecule has 0 saturated carbocycles. The van der Waals surface area contributed by atoms with Gasteiger partial charge in [-0.25, -0.2) is 0 Å². The minimum Gasteiger partial charge on any atom is -0.317 e. The minimum atomic E-state index is 0.812. The molecule has 0 fully saturated rings. The van der Waals surface area contributed by atoms with Crippen LogP contribution in [0.3, 0.4) is 0 Å². The maximum Gasteiger partial charge on any atom is 0.00933 e. The molecule has 1 atom stereocenters. The number of alkyl halides is 1. The van der Waals surface area contributed by atoms with Gasteiger partial charge in [0.15, 0.2) is 0 Å². The lowest BCUT2D eigenvalue weighted by Crippen LogP contribution is -2.16. The van der Waals surface area contributed by atoms with Crippen LogP contribution in [0.1, 0.15) is 20.3 Å². The molecule has 0 aliphatic carbocycles. The third kappa shape index (κ3) is 6.69. The Kier molecular flexibility index (Phi) is 6.32.